The molecule has 0 spiro atoms. The van der Waals surface area contributed by atoms with E-state index < -0.39 is 16.1 Å². The minimum absolute atomic E-state index is 0.555. The molecule has 3 aromatic rings. The molecule has 0 saturated carbocycles. The van der Waals surface area contributed by atoms with Gasteiger partial charge in [-0.05, 0) is 119 Å². The molecule has 5 heteroatoms. The Bertz CT molecular complexity index is 1950. The van der Waals surface area contributed by atoms with E-state index in [1.54, 1.807) is 0 Å². The zero-order valence-corrected chi connectivity index (χ0v) is 45.5. The van der Waals surface area contributed by atoms with Gasteiger partial charge in [-0.3, -0.25) is 0 Å². The minimum atomic E-state index is -1.97. The average Bonchev–Trinajstić information content (AvgIpc) is 3.25. The maximum atomic E-state index is 4.98. The first-order valence-electron chi connectivity index (χ1n) is 25.4. The largest absolute Gasteiger partial charge is 0.372 e. The van der Waals surface area contributed by atoms with E-state index in [0.717, 1.165) is 48.4 Å². The predicted octanol–water partition coefficient (Wildman–Crippen LogP) is 15.8. The van der Waals surface area contributed by atoms with Crippen LogP contribution in [0.25, 0.3) is 0 Å². The van der Waals surface area contributed by atoms with Crippen LogP contribution in [0.4, 0.5) is 11.4 Å². The van der Waals surface area contributed by atoms with Gasteiger partial charge in [0, 0.05) is 59.8 Å². The van der Waals surface area contributed by atoms with Crippen LogP contribution in [-0.4, -0.2) is 47.3 Å². The van der Waals surface area contributed by atoms with Crippen molar-refractivity contribution in [1.82, 2.24) is 4.98 Å². The molecule has 346 valence electrons. The number of hydrogen-bond acceptors (Lipinski definition) is 3. The van der Waals surface area contributed by atoms with Crippen LogP contribution in [0.5, 0.6) is 0 Å². The Morgan fingerprint density at radius 2 is 0.719 bits per heavy atom. The van der Waals surface area contributed by atoms with Crippen LogP contribution in [0.2, 0.25) is 33.2 Å². The number of pyridine rings is 1. The second-order valence-corrected chi connectivity index (χ2v) is 31.2. The molecule has 0 aliphatic heterocycles. The van der Waals surface area contributed by atoms with Gasteiger partial charge in [-0.25, -0.2) is 4.98 Å². The molecular formula is C59H87N3Si2. The number of rotatable bonds is 20. The number of unbranched alkanes of at least 4 members (excludes halogenated alkanes) is 4. The summed E-state index contributed by atoms with van der Waals surface area (Å²) in [4.78, 5) is 10.1. The monoisotopic (exact) mass is 894 g/mol. The molecule has 64 heavy (non-hydrogen) atoms. The van der Waals surface area contributed by atoms with Gasteiger partial charge in [-0.1, -0.05) is 166 Å². The molecule has 0 aliphatic carbocycles. The Morgan fingerprint density at radius 3 is 1.00 bits per heavy atom. The molecule has 0 aliphatic rings. The molecule has 1 heterocycles. The maximum Gasteiger partial charge on any atom is 0.146 e. The van der Waals surface area contributed by atoms with Gasteiger partial charge in [-0.15, -0.1) is 11.1 Å². The maximum absolute atomic E-state index is 4.98. The number of anilines is 2. The number of nitrogens with zero attached hydrogens (tertiary/aromatic N) is 3. The molecule has 1 aromatic heterocycles. The van der Waals surface area contributed by atoms with E-state index in [4.69, 9.17) is 4.98 Å². The van der Waals surface area contributed by atoms with Gasteiger partial charge in [-0.2, -0.15) is 0 Å². The highest BCUT2D eigenvalue weighted by atomic mass is 28.3. The van der Waals surface area contributed by atoms with Gasteiger partial charge in [0.15, 0.2) is 0 Å². The number of hydrogen-bond donors (Lipinski definition) is 0. The van der Waals surface area contributed by atoms with Crippen LogP contribution in [-0.2, 0) is 0 Å². The summed E-state index contributed by atoms with van der Waals surface area (Å²) in [7, 11) is -3.93. The van der Waals surface area contributed by atoms with Crippen LogP contribution in [0.3, 0.4) is 0 Å². The first kappa shape index (κ1) is 54.2. The molecule has 2 aromatic carbocycles. The Labute approximate surface area is 396 Å². The summed E-state index contributed by atoms with van der Waals surface area (Å²) < 4.78 is 0. The number of benzene rings is 2. The van der Waals surface area contributed by atoms with Gasteiger partial charge in [0.1, 0.15) is 27.5 Å². The van der Waals surface area contributed by atoms with Gasteiger partial charge >= 0.3 is 0 Å². The normalized spacial score (nSPS) is 11.6. The molecule has 0 radical (unpaired) electrons. The van der Waals surface area contributed by atoms with Crippen LogP contribution >= 0.6 is 0 Å². The lowest BCUT2D eigenvalue weighted by Crippen LogP contribution is -2.43. The van der Waals surface area contributed by atoms with Crippen molar-refractivity contribution in [2.45, 2.75) is 195 Å². The topological polar surface area (TPSA) is 19.4 Å². The van der Waals surface area contributed by atoms with E-state index in [1.165, 1.54) is 62.7 Å². The lowest BCUT2D eigenvalue weighted by molar-refractivity contribution is 0.678. The van der Waals surface area contributed by atoms with Crippen molar-refractivity contribution in [2.75, 3.05) is 36.0 Å². The summed E-state index contributed by atoms with van der Waals surface area (Å²) in [5, 5.41) is 0. The second kappa shape index (κ2) is 26.7. The fourth-order valence-corrected chi connectivity index (χ4v) is 20.5. The molecular weight excluding hydrogens is 807 g/mol. The Balaban J connectivity index is 2.20. The molecule has 0 atom stereocenters. The summed E-state index contributed by atoms with van der Waals surface area (Å²) in [6.07, 6.45) is 9.41. The average molecular weight is 895 g/mol. The van der Waals surface area contributed by atoms with E-state index >= 15 is 0 Å². The molecule has 3 rings (SSSR count). The van der Waals surface area contributed by atoms with Gasteiger partial charge in [0.05, 0.1) is 0 Å². The smallest absolute Gasteiger partial charge is 0.146 e. The van der Waals surface area contributed by atoms with Crippen molar-refractivity contribution in [3.05, 3.63) is 88.2 Å². The lowest BCUT2D eigenvalue weighted by Gasteiger charge is -2.38. The number of aromatic nitrogens is 1. The minimum Gasteiger partial charge on any atom is -0.372 e. The lowest BCUT2D eigenvalue weighted by atomic mass is 10.1. The Morgan fingerprint density at radius 1 is 0.406 bits per heavy atom. The Hall–Kier alpha value is -4.14. The molecule has 0 bridgehead atoms. The third kappa shape index (κ3) is 14.4. The summed E-state index contributed by atoms with van der Waals surface area (Å²) in [5.41, 5.74) is 19.2. The Kier molecular flexibility index (Phi) is 22.6. The molecule has 0 amide bonds. The molecule has 0 N–H and O–H groups in total. The van der Waals surface area contributed by atoms with Crippen molar-refractivity contribution in [3.8, 4) is 46.6 Å². The predicted molar refractivity (Wildman–Crippen MR) is 289 cm³/mol. The highest BCUT2D eigenvalue weighted by Crippen LogP contribution is 2.42. The summed E-state index contributed by atoms with van der Waals surface area (Å²) in [5.74, 6) is 21.5. The summed E-state index contributed by atoms with van der Waals surface area (Å²) in [6.45, 7) is 41.9. The summed E-state index contributed by atoms with van der Waals surface area (Å²) in [6, 6.07) is 19.5. The van der Waals surface area contributed by atoms with Gasteiger partial charge in [0.2, 0.25) is 0 Å². The fraction of sp³-hybridized carbons (Fsp3) is 0.576. The van der Waals surface area contributed by atoms with E-state index in [9.17, 15) is 0 Å². The van der Waals surface area contributed by atoms with Crippen molar-refractivity contribution >= 4 is 27.5 Å². The zero-order chi connectivity index (χ0) is 47.5. The van der Waals surface area contributed by atoms with Crippen molar-refractivity contribution in [2.24, 2.45) is 0 Å². The SMILES string of the molecule is CCCCN(CCCC)c1ccc(C#Cc2cccc(C#Cc3ccc(N(CCCC)CCCC)cc3C#C[Si](C(C)C)(C(C)C)C(C)C)n2)c(C#C[Si](C(C)C)(C(C)C)C(C)C)c1. The molecule has 3 nitrogen and oxygen atoms in total. The molecule has 0 fully saturated rings. The van der Waals surface area contributed by atoms with Crippen molar-refractivity contribution < 1.29 is 0 Å². The van der Waals surface area contributed by atoms with Crippen LogP contribution in [0.15, 0.2) is 54.6 Å². The first-order valence-corrected chi connectivity index (χ1v) is 29.8. The van der Waals surface area contributed by atoms with Crippen molar-refractivity contribution in [1.29, 1.82) is 0 Å². The van der Waals surface area contributed by atoms with Crippen LogP contribution < -0.4 is 9.80 Å². The second-order valence-electron chi connectivity index (χ2n) is 20.1. The van der Waals surface area contributed by atoms with Crippen molar-refractivity contribution in [3.63, 3.8) is 0 Å². The summed E-state index contributed by atoms with van der Waals surface area (Å²) >= 11 is 0. The van der Waals surface area contributed by atoms with Gasteiger partial charge in [0.25, 0.3) is 0 Å². The standard InChI is InChI=1S/C59H87N3Si2/c1-17-21-38-61(39-22-18-2)58-34-30-52(54(44-58)36-42-63(46(5)6,47(7)8)48(9)10)28-32-56-26-25-27-57(60-56)33-29-53-31-35-59(62(40-23-19-3)41-24-20-4)45-55(53)37-43-64(49(11)12,50(13)14)51(15)16/h25-27,30-31,34-35,44-51H,17-24,38-41H2,1-16H3. The van der Waals surface area contributed by atoms with E-state index in [2.05, 4.69) is 204 Å². The third-order valence-corrected chi connectivity index (χ3v) is 26.4. The fourth-order valence-electron chi connectivity index (χ4n) is 10.1. The van der Waals surface area contributed by atoms with Crippen LogP contribution in [0.1, 0.15) is 196 Å². The van der Waals surface area contributed by atoms with E-state index in [1.807, 2.05) is 18.2 Å². The molecule has 0 saturated heterocycles. The van der Waals surface area contributed by atoms with Gasteiger partial charge < -0.3 is 9.80 Å². The zero-order valence-electron chi connectivity index (χ0n) is 43.5. The van der Waals surface area contributed by atoms with E-state index in [0.29, 0.717) is 44.6 Å². The molecule has 0 unspecified atom stereocenters. The highest BCUT2D eigenvalue weighted by Gasteiger charge is 2.42. The van der Waals surface area contributed by atoms with Crippen LogP contribution in [0, 0.1) is 46.6 Å². The van der Waals surface area contributed by atoms with E-state index in [-0.39, 0.29) is 0 Å². The first-order chi connectivity index (χ1) is 30.5. The quantitative estimate of drug-likeness (QED) is 0.0832. The highest BCUT2D eigenvalue weighted by molar-refractivity contribution is 6.91. The third-order valence-electron chi connectivity index (χ3n) is 13.8.